The molecule has 3 atom stereocenters. The molecule has 0 aromatic heterocycles. The van der Waals surface area contributed by atoms with Gasteiger partial charge in [-0.25, -0.2) is 13.2 Å². The SMILES string of the molecule is CCS(=O)(=O)c1ccc(OC(CC(OC(=O)CC(O)(CC(=O)O)C(=O)O)N(C)C)c2ccccc2)cc1. The molecule has 3 N–H and O–H groups in total. The number of ether oxygens (including phenoxy) is 2. The molecular weight excluding hydrogens is 506 g/mol. The second kappa shape index (κ2) is 12.7. The Hall–Kier alpha value is -3.48. The van der Waals surface area contributed by atoms with Crippen molar-refractivity contribution >= 4 is 27.7 Å². The van der Waals surface area contributed by atoms with Gasteiger partial charge in [-0.15, -0.1) is 0 Å². The van der Waals surface area contributed by atoms with Gasteiger partial charge in [-0.3, -0.25) is 14.5 Å². The number of carbonyl (C=O) groups excluding carboxylic acids is 1. The average molecular weight is 538 g/mol. The highest BCUT2D eigenvalue weighted by Crippen LogP contribution is 2.29. The van der Waals surface area contributed by atoms with E-state index in [0.717, 1.165) is 5.56 Å². The summed E-state index contributed by atoms with van der Waals surface area (Å²) in [5.74, 6) is -4.22. The minimum absolute atomic E-state index is 0.0425. The number of carboxylic acid groups (broad SMARTS) is 2. The summed E-state index contributed by atoms with van der Waals surface area (Å²) in [5, 5.41) is 28.3. The smallest absolute Gasteiger partial charge is 0.336 e. The van der Waals surface area contributed by atoms with E-state index in [-0.39, 0.29) is 17.1 Å². The van der Waals surface area contributed by atoms with E-state index in [1.165, 1.54) is 24.3 Å². The van der Waals surface area contributed by atoms with Gasteiger partial charge in [-0.1, -0.05) is 37.3 Å². The van der Waals surface area contributed by atoms with E-state index in [2.05, 4.69) is 0 Å². The highest BCUT2D eigenvalue weighted by atomic mass is 32.2. The summed E-state index contributed by atoms with van der Waals surface area (Å²) in [7, 11) is -0.155. The molecule has 2 aromatic rings. The van der Waals surface area contributed by atoms with Gasteiger partial charge >= 0.3 is 17.9 Å². The predicted molar refractivity (Wildman–Crippen MR) is 132 cm³/mol. The minimum Gasteiger partial charge on any atom is -0.486 e. The Morgan fingerprint density at radius 1 is 0.973 bits per heavy atom. The Morgan fingerprint density at radius 3 is 2.05 bits per heavy atom. The third-order valence-corrected chi connectivity index (χ3v) is 7.30. The lowest BCUT2D eigenvalue weighted by Gasteiger charge is -2.30. The molecule has 0 radical (unpaired) electrons. The van der Waals surface area contributed by atoms with Crippen LogP contribution in [0.3, 0.4) is 0 Å². The second-order valence-corrected chi connectivity index (χ2v) is 10.9. The maximum atomic E-state index is 12.5. The van der Waals surface area contributed by atoms with Crippen molar-refractivity contribution in [2.24, 2.45) is 0 Å². The van der Waals surface area contributed by atoms with Crippen molar-refractivity contribution < 1.29 is 47.6 Å². The van der Waals surface area contributed by atoms with Crippen molar-refractivity contribution in [3.63, 3.8) is 0 Å². The van der Waals surface area contributed by atoms with Crippen LogP contribution in [0.1, 0.15) is 37.9 Å². The van der Waals surface area contributed by atoms with Crippen molar-refractivity contribution in [3.05, 3.63) is 60.2 Å². The number of hydrogen-bond acceptors (Lipinski definition) is 9. The highest BCUT2D eigenvalue weighted by Gasteiger charge is 2.42. The maximum Gasteiger partial charge on any atom is 0.336 e. The molecule has 0 aliphatic carbocycles. The highest BCUT2D eigenvalue weighted by molar-refractivity contribution is 7.91. The van der Waals surface area contributed by atoms with Crippen LogP contribution in [0, 0.1) is 0 Å². The fraction of sp³-hybridized carbons (Fsp3) is 0.400. The molecule has 0 amide bonds. The monoisotopic (exact) mass is 537 g/mol. The van der Waals surface area contributed by atoms with Crippen molar-refractivity contribution in [1.29, 1.82) is 0 Å². The number of hydrogen-bond donors (Lipinski definition) is 3. The molecule has 12 heteroatoms. The maximum absolute atomic E-state index is 12.5. The lowest BCUT2D eigenvalue weighted by Crippen LogP contribution is -2.44. The van der Waals surface area contributed by atoms with Crippen LogP contribution < -0.4 is 4.74 Å². The third-order valence-electron chi connectivity index (χ3n) is 5.55. The van der Waals surface area contributed by atoms with Crippen molar-refractivity contribution in [2.75, 3.05) is 19.8 Å². The molecule has 0 spiro atoms. The van der Waals surface area contributed by atoms with E-state index >= 15 is 0 Å². The van der Waals surface area contributed by atoms with E-state index in [0.29, 0.717) is 5.75 Å². The molecule has 0 aliphatic rings. The van der Waals surface area contributed by atoms with Crippen molar-refractivity contribution in [1.82, 2.24) is 4.90 Å². The van der Waals surface area contributed by atoms with Crippen LogP contribution in [-0.2, 0) is 29.0 Å². The van der Waals surface area contributed by atoms with E-state index < -0.39 is 58.5 Å². The Labute approximate surface area is 215 Å². The molecule has 0 saturated carbocycles. The van der Waals surface area contributed by atoms with Crippen LogP contribution in [0.25, 0.3) is 0 Å². The zero-order valence-corrected chi connectivity index (χ0v) is 21.6. The fourth-order valence-corrected chi connectivity index (χ4v) is 4.30. The standard InChI is InChI=1S/C25H31NO10S/c1-4-37(33,34)19-12-10-18(11-13-19)35-20(17-8-6-5-7-9-17)14-21(26(2)3)36-23(29)16-25(32,24(30)31)15-22(27)28/h5-13,20-21,32H,4,14-16H2,1-3H3,(H,27,28)(H,30,31). The van der Waals surface area contributed by atoms with Crippen molar-refractivity contribution in [3.8, 4) is 5.75 Å². The Kier molecular flexibility index (Phi) is 10.2. The van der Waals surface area contributed by atoms with Gasteiger partial charge in [0.2, 0.25) is 0 Å². The van der Waals surface area contributed by atoms with E-state index in [1.54, 1.807) is 50.2 Å². The van der Waals surface area contributed by atoms with Crippen LogP contribution >= 0.6 is 0 Å². The molecule has 3 unspecified atom stereocenters. The van der Waals surface area contributed by atoms with Gasteiger partial charge in [0.15, 0.2) is 21.7 Å². The van der Waals surface area contributed by atoms with Crippen LogP contribution in [0.15, 0.2) is 59.5 Å². The average Bonchev–Trinajstić information content (AvgIpc) is 2.83. The number of carbonyl (C=O) groups is 3. The van der Waals surface area contributed by atoms with Crippen LogP contribution in [0.5, 0.6) is 5.75 Å². The van der Waals surface area contributed by atoms with Gasteiger partial charge in [0.25, 0.3) is 0 Å². The van der Waals surface area contributed by atoms with Crippen molar-refractivity contribution in [2.45, 2.75) is 49.0 Å². The van der Waals surface area contributed by atoms with Gasteiger partial charge in [-0.2, -0.15) is 0 Å². The summed E-state index contributed by atoms with van der Waals surface area (Å²) in [6.45, 7) is 1.55. The number of benzene rings is 2. The molecular formula is C25H31NO10S. The second-order valence-electron chi connectivity index (χ2n) is 8.62. The molecule has 11 nitrogen and oxygen atoms in total. The summed E-state index contributed by atoms with van der Waals surface area (Å²) < 4.78 is 35.7. The number of sulfone groups is 1. The first-order chi connectivity index (χ1) is 17.3. The lowest BCUT2D eigenvalue weighted by atomic mass is 9.96. The summed E-state index contributed by atoms with van der Waals surface area (Å²) in [4.78, 5) is 36.6. The topological polar surface area (TPSA) is 168 Å². The molecule has 0 aliphatic heterocycles. The molecule has 0 bridgehead atoms. The number of nitrogens with zero attached hydrogens (tertiary/aromatic N) is 1. The number of aliphatic hydroxyl groups is 1. The first-order valence-electron chi connectivity index (χ1n) is 11.4. The quantitative estimate of drug-likeness (QED) is 0.238. The van der Waals surface area contributed by atoms with Crippen LogP contribution in [0.2, 0.25) is 0 Å². The number of esters is 1. The molecule has 0 heterocycles. The summed E-state index contributed by atoms with van der Waals surface area (Å²) in [5.41, 5.74) is -2.10. The van der Waals surface area contributed by atoms with E-state index in [1.807, 2.05) is 6.07 Å². The lowest BCUT2D eigenvalue weighted by molar-refractivity contribution is -0.177. The van der Waals surface area contributed by atoms with Gasteiger partial charge in [0.1, 0.15) is 11.9 Å². The molecule has 2 aromatic carbocycles. The minimum atomic E-state index is -3.39. The molecule has 37 heavy (non-hydrogen) atoms. The summed E-state index contributed by atoms with van der Waals surface area (Å²) in [6, 6.07) is 14.9. The normalized spacial score (nSPS) is 14.8. The number of carboxylic acids is 2. The Balaban J connectivity index is 2.26. The Morgan fingerprint density at radius 2 is 1.57 bits per heavy atom. The number of rotatable bonds is 14. The summed E-state index contributed by atoms with van der Waals surface area (Å²) >= 11 is 0. The fourth-order valence-electron chi connectivity index (χ4n) is 3.42. The number of aliphatic carboxylic acids is 2. The van der Waals surface area contributed by atoms with Gasteiger partial charge < -0.3 is 24.8 Å². The first-order valence-corrected chi connectivity index (χ1v) is 13.0. The predicted octanol–water partition coefficient (Wildman–Crippen LogP) is 2.10. The molecule has 0 saturated heterocycles. The van der Waals surface area contributed by atoms with E-state index in [4.69, 9.17) is 14.6 Å². The van der Waals surface area contributed by atoms with E-state index in [9.17, 15) is 33.0 Å². The van der Waals surface area contributed by atoms with Gasteiger partial charge in [-0.05, 0) is 43.9 Å². The van der Waals surface area contributed by atoms with Gasteiger partial charge in [0, 0.05) is 6.42 Å². The zero-order chi connectivity index (χ0) is 27.8. The third kappa shape index (κ3) is 8.55. The first kappa shape index (κ1) is 29.7. The Bertz CT molecular complexity index is 1180. The van der Waals surface area contributed by atoms with Crippen LogP contribution in [0.4, 0.5) is 0 Å². The molecule has 0 fully saturated rings. The molecule has 202 valence electrons. The zero-order valence-electron chi connectivity index (χ0n) is 20.7. The van der Waals surface area contributed by atoms with Crippen LogP contribution in [-0.4, -0.2) is 78.2 Å². The molecule has 2 rings (SSSR count). The summed E-state index contributed by atoms with van der Waals surface area (Å²) in [6.07, 6.45) is -3.79. The van der Waals surface area contributed by atoms with Gasteiger partial charge in [0.05, 0.1) is 23.5 Å². The largest absolute Gasteiger partial charge is 0.486 e.